The smallest absolute Gasteiger partial charge is 0.253 e. The summed E-state index contributed by atoms with van der Waals surface area (Å²) < 4.78 is 17.8. The summed E-state index contributed by atoms with van der Waals surface area (Å²) in [6, 6.07) is 7.01. The highest BCUT2D eigenvalue weighted by molar-refractivity contribution is 5.94. The molecule has 1 aliphatic heterocycles. The number of amides is 1. The highest BCUT2D eigenvalue weighted by Gasteiger charge is 2.20. The molecule has 0 spiro atoms. The van der Waals surface area contributed by atoms with Crippen LogP contribution in [0.4, 0.5) is 10.1 Å². The fourth-order valence-corrected chi connectivity index (χ4v) is 1.36. The molecule has 0 atom stereocenters. The largest absolute Gasteiger partial charge is 0.370 e. The third-order valence-corrected chi connectivity index (χ3v) is 2.02. The first-order chi connectivity index (χ1) is 6.77. The molecule has 4 heteroatoms. The molecule has 1 aromatic carbocycles. The van der Waals surface area contributed by atoms with Crippen LogP contribution in [0.5, 0.6) is 0 Å². The Morgan fingerprint density at radius 1 is 1.50 bits per heavy atom. The lowest BCUT2D eigenvalue weighted by Gasteiger charge is -2.26. The Hall–Kier alpha value is -1.42. The van der Waals surface area contributed by atoms with Crippen molar-refractivity contribution in [3.63, 3.8) is 0 Å². The molecule has 14 heavy (non-hydrogen) atoms. The van der Waals surface area contributed by atoms with Crippen molar-refractivity contribution >= 4 is 11.6 Å². The fourth-order valence-electron chi connectivity index (χ4n) is 1.36. The van der Waals surface area contributed by atoms with E-state index in [-0.39, 0.29) is 12.5 Å². The number of halogens is 1. The second-order valence-corrected chi connectivity index (χ2v) is 2.98. The first kappa shape index (κ1) is 9.15. The van der Waals surface area contributed by atoms with Gasteiger partial charge in [0.05, 0.1) is 12.3 Å². The average Bonchev–Trinajstić information content (AvgIpc) is 2.18. The Balaban J connectivity index is 2.24. The van der Waals surface area contributed by atoms with Gasteiger partial charge in [-0.2, -0.15) is 0 Å². The number of carbonyl (C=O) groups is 1. The highest BCUT2D eigenvalue weighted by atomic mass is 19.1. The van der Waals surface area contributed by atoms with E-state index in [1.54, 1.807) is 12.1 Å². The molecule has 73 valence electrons. The van der Waals surface area contributed by atoms with Gasteiger partial charge in [-0.1, -0.05) is 6.07 Å². The molecule has 1 aliphatic rings. The first-order valence-electron chi connectivity index (χ1n) is 4.33. The van der Waals surface area contributed by atoms with Gasteiger partial charge in [-0.25, -0.2) is 4.39 Å². The Morgan fingerprint density at radius 2 is 2.36 bits per heavy atom. The molecule has 1 saturated heterocycles. The number of hydrogen-bond acceptors (Lipinski definition) is 2. The summed E-state index contributed by atoms with van der Waals surface area (Å²) in [5.41, 5.74) is 0.471. The quantitative estimate of drug-likeness (QED) is 0.667. The number of benzene rings is 1. The highest BCUT2D eigenvalue weighted by Crippen LogP contribution is 2.16. The molecule has 1 aromatic rings. The molecule has 1 radical (unpaired) electrons. The third-order valence-electron chi connectivity index (χ3n) is 2.02. The van der Waals surface area contributed by atoms with E-state index in [0.29, 0.717) is 18.8 Å². The molecule has 2 rings (SSSR count). The molecule has 1 amide bonds. The van der Waals surface area contributed by atoms with Gasteiger partial charge in [0, 0.05) is 12.6 Å². The monoisotopic (exact) mass is 194 g/mol. The summed E-state index contributed by atoms with van der Waals surface area (Å²) in [6.07, 6.45) is 0. The number of carbonyl (C=O) groups excluding carboxylic acids is 1. The predicted molar refractivity (Wildman–Crippen MR) is 48.4 cm³/mol. The molecule has 0 saturated carbocycles. The van der Waals surface area contributed by atoms with Crippen molar-refractivity contribution in [2.75, 3.05) is 24.7 Å². The van der Waals surface area contributed by atoms with Crippen LogP contribution >= 0.6 is 0 Å². The van der Waals surface area contributed by atoms with Crippen molar-refractivity contribution in [1.82, 2.24) is 0 Å². The molecular formula is C10H9FNO2. The van der Waals surface area contributed by atoms with Crippen molar-refractivity contribution in [1.29, 1.82) is 0 Å². The van der Waals surface area contributed by atoms with Crippen molar-refractivity contribution in [3.05, 3.63) is 30.1 Å². The second kappa shape index (κ2) is 3.75. The van der Waals surface area contributed by atoms with Gasteiger partial charge in [-0.3, -0.25) is 4.79 Å². The Kier molecular flexibility index (Phi) is 2.45. The van der Waals surface area contributed by atoms with Crippen LogP contribution in [-0.2, 0) is 9.53 Å². The lowest BCUT2D eigenvalue weighted by molar-refractivity contribution is -0.125. The summed E-state index contributed by atoms with van der Waals surface area (Å²) in [6.45, 7) is 0.999. The summed E-state index contributed by atoms with van der Waals surface area (Å²) in [4.78, 5) is 12.8. The van der Waals surface area contributed by atoms with E-state index >= 15 is 0 Å². The molecule has 1 heterocycles. The van der Waals surface area contributed by atoms with Crippen LogP contribution in [0, 0.1) is 11.9 Å². The van der Waals surface area contributed by atoms with E-state index in [1.807, 2.05) is 0 Å². The molecule has 1 fully saturated rings. The summed E-state index contributed by atoms with van der Waals surface area (Å²) >= 11 is 0. The lowest BCUT2D eigenvalue weighted by atomic mass is 10.2. The van der Waals surface area contributed by atoms with Gasteiger partial charge in [-0.05, 0) is 12.1 Å². The number of ether oxygens (including phenoxy) is 1. The molecule has 0 aliphatic carbocycles. The Labute approximate surface area is 81.1 Å². The van der Waals surface area contributed by atoms with Crippen molar-refractivity contribution in [2.45, 2.75) is 0 Å². The number of rotatable bonds is 1. The van der Waals surface area contributed by atoms with Crippen LogP contribution in [0.15, 0.2) is 18.2 Å². The first-order valence-corrected chi connectivity index (χ1v) is 4.33. The van der Waals surface area contributed by atoms with Gasteiger partial charge in [-0.15, -0.1) is 0 Å². The lowest BCUT2D eigenvalue weighted by Crippen LogP contribution is -2.41. The number of hydrogen-bond donors (Lipinski definition) is 0. The maximum atomic E-state index is 12.8. The minimum Gasteiger partial charge on any atom is -0.370 e. The molecule has 3 nitrogen and oxygen atoms in total. The Bertz CT molecular complexity index is 354. The van der Waals surface area contributed by atoms with Gasteiger partial charge in [0.2, 0.25) is 0 Å². The normalized spacial score (nSPS) is 17.2. The minimum atomic E-state index is -0.457. The van der Waals surface area contributed by atoms with E-state index in [2.05, 4.69) is 6.07 Å². The molecule has 0 bridgehead atoms. The van der Waals surface area contributed by atoms with Crippen molar-refractivity contribution < 1.29 is 13.9 Å². The van der Waals surface area contributed by atoms with Gasteiger partial charge in [0.15, 0.2) is 0 Å². The maximum absolute atomic E-state index is 12.8. The maximum Gasteiger partial charge on any atom is 0.253 e. The van der Waals surface area contributed by atoms with E-state index in [4.69, 9.17) is 4.74 Å². The van der Waals surface area contributed by atoms with Gasteiger partial charge in [0.1, 0.15) is 12.4 Å². The number of anilines is 1. The van der Waals surface area contributed by atoms with Gasteiger partial charge >= 0.3 is 0 Å². The van der Waals surface area contributed by atoms with Gasteiger partial charge < -0.3 is 9.64 Å². The van der Waals surface area contributed by atoms with E-state index in [0.717, 1.165) is 0 Å². The predicted octanol–water partition coefficient (Wildman–Crippen LogP) is 0.989. The zero-order valence-corrected chi connectivity index (χ0v) is 7.50. The Morgan fingerprint density at radius 3 is 3.07 bits per heavy atom. The van der Waals surface area contributed by atoms with Crippen molar-refractivity contribution in [3.8, 4) is 0 Å². The summed E-state index contributed by atoms with van der Waals surface area (Å²) in [7, 11) is 0. The van der Waals surface area contributed by atoms with Crippen LogP contribution in [-0.4, -0.2) is 25.7 Å². The van der Waals surface area contributed by atoms with E-state index < -0.39 is 5.82 Å². The third kappa shape index (κ3) is 1.75. The molecule has 0 unspecified atom stereocenters. The van der Waals surface area contributed by atoms with E-state index in [1.165, 1.54) is 11.0 Å². The summed E-state index contributed by atoms with van der Waals surface area (Å²) in [5.74, 6) is -0.611. The zero-order valence-electron chi connectivity index (χ0n) is 7.50. The molecule has 0 aromatic heterocycles. The van der Waals surface area contributed by atoms with Crippen LogP contribution in [0.3, 0.4) is 0 Å². The van der Waals surface area contributed by atoms with E-state index in [9.17, 15) is 9.18 Å². The van der Waals surface area contributed by atoms with Crippen LogP contribution in [0.25, 0.3) is 0 Å². The van der Waals surface area contributed by atoms with Crippen molar-refractivity contribution in [2.24, 2.45) is 0 Å². The number of morpholine rings is 1. The fraction of sp³-hybridized carbons (Fsp3) is 0.300. The van der Waals surface area contributed by atoms with Crippen LogP contribution in [0.2, 0.25) is 0 Å². The second-order valence-electron chi connectivity index (χ2n) is 2.98. The standard InChI is InChI=1S/C10H9FNO2/c11-8-2-1-3-9(6-8)12-4-5-14-7-10(12)13/h1-3H,4-5,7H2. The zero-order chi connectivity index (χ0) is 9.97. The van der Waals surface area contributed by atoms with Gasteiger partial charge in [0.25, 0.3) is 5.91 Å². The number of nitrogens with zero attached hydrogens (tertiary/aromatic N) is 1. The topological polar surface area (TPSA) is 29.5 Å². The average molecular weight is 194 g/mol. The molecule has 0 N–H and O–H groups in total. The SMILES string of the molecule is O=C1COCCN1c1[c]c(F)ccc1. The van der Waals surface area contributed by atoms with Crippen LogP contribution < -0.4 is 4.90 Å². The molecular weight excluding hydrogens is 185 g/mol. The van der Waals surface area contributed by atoms with Crippen LogP contribution in [0.1, 0.15) is 0 Å². The minimum absolute atomic E-state index is 0.0599. The summed E-state index contributed by atoms with van der Waals surface area (Å²) in [5, 5.41) is 0.